The Kier molecular flexibility index (Phi) is 10.4. The SMILES string of the molecule is CSCCC(NC(=O)C(NC(=O)C(N)Cc1c[nH]c2ccccc12)C(C)O)C(=O)NCC(=O)O. The van der Waals surface area contributed by atoms with E-state index < -0.39 is 54.5 Å². The van der Waals surface area contributed by atoms with Gasteiger partial charge in [0.1, 0.15) is 18.6 Å². The summed E-state index contributed by atoms with van der Waals surface area (Å²) in [5.41, 5.74) is 7.81. The Morgan fingerprint density at radius 2 is 1.82 bits per heavy atom. The number of fused-ring (bicyclic) bond motifs is 1. The number of thioether (sulfide) groups is 1. The lowest BCUT2D eigenvalue weighted by atomic mass is 10.0. The Labute approximate surface area is 201 Å². The maximum Gasteiger partial charge on any atom is 0.322 e. The van der Waals surface area contributed by atoms with Crippen LogP contribution in [0.25, 0.3) is 10.9 Å². The summed E-state index contributed by atoms with van der Waals surface area (Å²) in [5, 5.41) is 27.0. The van der Waals surface area contributed by atoms with Crippen molar-refractivity contribution in [1.82, 2.24) is 20.9 Å². The van der Waals surface area contributed by atoms with Gasteiger partial charge in [-0.15, -0.1) is 0 Å². The third kappa shape index (κ3) is 7.75. The molecule has 2 rings (SSSR count). The molecule has 2 aromatic rings. The van der Waals surface area contributed by atoms with Crippen LogP contribution in [0.5, 0.6) is 0 Å². The molecule has 186 valence electrons. The van der Waals surface area contributed by atoms with Gasteiger partial charge in [-0.2, -0.15) is 11.8 Å². The van der Waals surface area contributed by atoms with Crippen molar-refractivity contribution in [2.24, 2.45) is 5.73 Å². The number of hydrogen-bond donors (Lipinski definition) is 7. The summed E-state index contributed by atoms with van der Waals surface area (Å²) < 4.78 is 0. The average molecular weight is 494 g/mol. The molecule has 3 amide bonds. The van der Waals surface area contributed by atoms with E-state index in [9.17, 15) is 24.3 Å². The standard InChI is InChI=1S/C22H31N5O6S/c1-12(28)19(22(33)26-17(7-8-34-2)21(32)25-11-18(29)30)27-20(31)15(23)9-13-10-24-16-6-4-3-5-14(13)16/h3-6,10,12,15,17,19,24,28H,7-9,11,23H2,1-2H3,(H,25,32)(H,26,33)(H,27,31)(H,29,30). The van der Waals surface area contributed by atoms with E-state index in [1.165, 1.54) is 18.7 Å². The molecule has 11 nitrogen and oxygen atoms in total. The molecule has 1 aromatic carbocycles. The number of carboxylic acids is 1. The average Bonchev–Trinajstić information content (AvgIpc) is 3.20. The van der Waals surface area contributed by atoms with Crippen molar-refractivity contribution in [3.05, 3.63) is 36.0 Å². The normalized spacial score (nSPS) is 14.6. The lowest BCUT2D eigenvalue weighted by Gasteiger charge is -2.25. The molecular formula is C22H31N5O6S. The van der Waals surface area contributed by atoms with E-state index in [0.29, 0.717) is 5.75 Å². The number of para-hydroxylation sites is 1. The molecule has 0 bridgehead atoms. The zero-order valence-electron chi connectivity index (χ0n) is 19.0. The van der Waals surface area contributed by atoms with E-state index in [0.717, 1.165) is 16.5 Å². The van der Waals surface area contributed by atoms with Crippen LogP contribution >= 0.6 is 11.8 Å². The van der Waals surface area contributed by atoms with E-state index in [1.54, 1.807) is 6.20 Å². The number of carboxylic acid groups (broad SMARTS) is 1. The van der Waals surface area contributed by atoms with Gasteiger partial charge >= 0.3 is 5.97 Å². The Bertz CT molecular complexity index is 1010. The number of H-pyrrole nitrogens is 1. The highest BCUT2D eigenvalue weighted by atomic mass is 32.2. The molecular weight excluding hydrogens is 462 g/mol. The number of carbonyl (C=O) groups excluding carboxylic acids is 3. The van der Waals surface area contributed by atoms with Crippen LogP contribution in [-0.2, 0) is 25.6 Å². The summed E-state index contributed by atoms with van der Waals surface area (Å²) in [6.07, 6.45) is 2.76. The fourth-order valence-electron chi connectivity index (χ4n) is 3.35. The number of aromatic nitrogens is 1. The Hall–Kier alpha value is -3.09. The van der Waals surface area contributed by atoms with Crippen LogP contribution in [0.2, 0.25) is 0 Å². The van der Waals surface area contributed by atoms with E-state index in [-0.39, 0.29) is 12.8 Å². The van der Waals surface area contributed by atoms with Crippen molar-refractivity contribution in [3.63, 3.8) is 0 Å². The third-order valence-corrected chi connectivity index (χ3v) is 5.82. The molecule has 0 aliphatic rings. The highest BCUT2D eigenvalue weighted by Crippen LogP contribution is 2.18. The van der Waals surface area contributed by atoms with Crippen LogP contribution in [0.3, 0.4) is 0 Å². The molecule has 0 spiro atoms. The molecule has 0 saturated heterocycles. The van der Waals surface area contributed by atoms with E-state index >= 15 is 0 Å². The van der Waals surface area contributed by atoms with Gasteiger partial charge in [0, 0.05) is 17.1 Å². The fourth-order valence-corrected chi connectivity index (χ4v) is 3.82. The number of aliphatic carboxylic acids is 1. The molecule has 8 N–H and O–H groups in total. The minimum Gasteiger partial charge on any atom is -0.480 e. The van der Waals surface area contributed by atoms with E-state index in [1.807, 2.05) is 30.5 Å². The molecule has 34 heavy (non-hydrogen) atoms. The molecule has 12 heteroatoms. The van der Waals surface area contributed by atoms with Crippen molar-refractivity contribution in [2.75, 3.05) is 18.6 Å². The number of nitrogens with one attached hydrogen (secondary N) is 4. The van der Waals surface area contributed by atoms with Gasteiger partial charge in [-0.05, 0) is 43.4 Å². The zero-order valence-corrected chi connectivity index (χ0v) is 19.9. The molecule has 4 atom stereocenters. The van der Waals surface area contributed by atoms with Gasteiger partial charge in [0.2, 0.25) is 17.7 Å². The van der Waals surface area contributed by atoms with Crippen LogP contribution in [0.4, 0.5) is 0 Å². The van der Waals surface area contributed by atoms with Gasteiger partial charge < -0.3 is 36.9 Å². The molecule has 4 unspecified atom stereocenters. The Morgan fingerprint density at radius 3 is 2.47 bits per heavy atom. The van der Waals surface area contributed by atoms with Crippen molar-refractivity contribution in [1.29, 1.82) is 0 Å². The summed E-state index contributed by atoms with van der Waals surface area (Å²) in [6, 6.07) is 4.19. The number of amides is 3. The third-order valence-electron chi connectivity index (χ3n) is 5.17. The summed E-state index contributed by atoms with van der Waals surface area (Å²) in [4.78, 5) is 51.7. The molecule has 1 aromatic heterocycles. The molecule has 0 radical (unpaired) electrons. The second-order valence-electron chi connectivity index (χ2n) is 7.85. The molecule has 0 saturated carbocycles. The fraction of sp³-hybridized carbons (Fsp3) is 0.455. The second-order valence-corrected chi connectivity index (χ2v) is 8.84. The summed E-state index contributed by atoms with van der Waals surface area (Å²) >= 11 is 1.44. The van der Waals surface area contributed by atoms with E-state index in [2.05, 4.69) is 20.9 Å². The number of nitrogens with two attached hydrogens (primary N) is 1. The van der Waals surface area contributed by atoms with Gasteiger partial charge in [-0.1, -0.05) is 18.2 Å². The van der Waals surface area contributed by atoms with E-state index in [4.69, 9.17) is 10.8 Å². The lowest BCUT2D eigenvalue weighted by molar-refractivity contribution is -0.138. The first-order valence-corrected chi connectivity index (χ1v) is 12.1. The monoisotopic (exact) mass is 493 g/mol. The quantitative estimate of drug-likeness (QED) is 0.192. The number of aliphatic hydroxyl groups excluding tert-OH is 1. The predicted molar refractivity (Wildman–Crippen MR) is 129 cm³/mol. The highest BCUT2D eigenvalue weighted by molar-refractivity contribution is 7.98. The maximum atomic E-state index is 12.8. The number of carbonyl (C=O) groups is 4. The molecule has 1 heterocycles. The first-order chi connectivity index (χ1) is 16.1. The molecule has 0 fully saturated rings. The van der Waals surface area contributed by atoms with Gasteiger partial charge in [0.05, 0.1) is 12.1 Å². The summed E-state index contributed by atoms with van der Waals surface area (Å²) in [7, 11) is 0. The van der Waals surface area contributed by atoms with Crippen LogP contribution in [0.1, 0.15) is 18.9 Å². The number of aromatic amines is 1. The number of aliphatic hydroxyl groups is 1. The van der Waals surface area contributed by atoms with Crippen molar-refractivity contribution < 1.29 is 29.4 Å². The Morgan fingerprint density at radius 1 is 1.12 bits per heavy atom. The minimum absolute atomic E-state index is 0.206. The van der Waals surface area contributed by atoms with Crippen molar-refractivity contribution in [2.45, 2.75) is 44.0 Å². The van der Waals surface area contributed by atoms with Gasteiger partial charge in [-0.25, -0.2) is 0 Å². The van der Waals surface area contributed by atoms with Crippen LogP contribution in [0, 0.1) is 0 Å². The van der Waals surface area contributed by atoms with Crippen molar-refractivity contribution >= 4 is 46.4 Å². The maximum absolute atomic E-state index is 12.8. The minimum atomic E-state index is -1.36. The van der Waals surface area contributed by atoms with Gasteiger partial charge in [0.25, 0.3) is 0 Å². The number of hydrogen-bond acceptors (Lipinski definition) is 7. The van der Waals surface area contributed by atoms with Crippen molar-refractivity contribution in [3.8, 4) is 0 Å². The smallest absolute Gasteiger partial charge is 0.322 e. The van der Waals surface area contributed by atoms with Crippen LogP contribution < -0.4 is 21.7 Å². The Balaban J connectivity index is 2.04. The van der Waals surface area contributed by atoms with Gasteiger partial charge in [0.15, 0.2) is 0 Å². The number of benzene rings is 1. The number of rotatable bonds is 13. The topological polar surface area (TPSA) is 187 Å². The molecule has 0 aliphatic heterocycles. The zero-order chi connectivity index (χ0) is 25.3. The summed E-state index contributed by atoms with van der Waals surface area (Å²) in [6.45, 7) is 0.737. The first-order valence-electron chi connectivity index (χ1n) is 10.7. The highest BCUT2D eigenvalue weighted by Gasteiger charge is 2.31. The van der Waals surface area contributed by atoms with Gasteiger partial charge in [-0.3, -0.25) is 19.2 Å². The lowest BCUT2D eigenvalue weighted by Crippen LogP contribution is -2.59. The first kappa shape index (κ1) is 27.2. The van der Waals surface area contributed by atoms with Crippen LogP contribution in [-0.4, -0.2) is 81.7 Å². The second kappa shape index (κ2) is 13.0. The largest absolute Gasteiger partial charge is 0.480 e. The predicted octanol–water partition coefficient (Wildman–Crippen LogP) is -0.658. The molecule has 0 aliphatic carbocycles. The van der Waals surface area contributed by atoms with Crippen LogP contribution in [0.15, 0.2) is 30.5 Å². The summed E-state index contributed by atoms with van der Waals surface area (Å²) in [5.74, 6) is -2.79.